The quantitative estimate of drug-likeness (QED) is 0.512. The van der Waals surface area contributed by atoms with Crippen LogP contribution in [0, 0.1) is 5.82 Å². The number of hydrogen-bond donors (Lipinski definition) is 0. The number of benzene rings is 3. The van der Waals surface area contributed by atoms with Gasteiger partial charge in [0, 0.05) is 29.2 Å². The van der Waals surface area contributed by atoms with Crippen molar-refractivity contribution in [2.24, 2.45) is 0 Å². The van der Waals surface area contributed by atoms with Gasteiger partial charge in [0.15, 0.2) is 9.84 Å². The van der Waals surface area contributed by atoms with E-state index in [2.05, 4.69) is 15.9 Å². The Morgan fingerprint density at radius 3 is 2.31 bits per heavy atom. The second-order valence-electron chi connectivity index (χ2n) is 6.67. The zero-order chi connectivity index (χ0) is 21.0. The largest absolute Gasteiger partial charge is 0.337 e. The zero-order valence-electron chi connectivity index (χ0n) is 15.7. The van der Waals surface area contributed by atoms with Crippen molar-refractivity contribution in [2.45, 2.75) is 17.2 Å². The minimum Gasteiger partial charge on any atom is -0.337 e. The van der Waals surface area contributed by atoms with Gasteiger partial charge in [0.05, 0.1) is 10.6 Å². The molecule has 0 spiro atoms. The monoisotopic (exact) mass is 475 g/mol. The van der Waals surface area contributed by atoms with Gasteiger partial charge in [0.25, 0.3) is 5.91 Å². The second kappa shape index (κ2) is 8.88. The van der Waals surface area contributed by atoms with E-state index in [1.807, 2.05) is 0 Å². The molecule has 1 amide bonds. The molecule has 0 bridgehead atoms. The van der Waals surface area contributed by atoms with Gasteiger partial charge in [-0.2, -0.15) is 0 Å². The molecule has 7 heteroatoms. The van der Waals surface area contributed by atoms with Crippen molar-refractivity contribution in [1.29, 1.82) is 0 Å². The maximum absolute atomic E-state index is 13.9. The van der Waals surface area contributed by atoms with Crippen LogP contribution in [0.2, 0.25) is 0 Å². The minimum absolute atomic E-state index is 0.119. The highest BCUT2D eigenvalue weighted by atomic mass is 79.9. The Hall–Kier alpha value is -2.51. The average Bonchev–Trinajstić information content (AvgIpc) is 2.71. The summed E-state index contributed by atoms with van der Waals surface area (Å²) in [7, 11) is -1.86. The van der Waals surface area contributed by atoms with Crippen LogP contribution in [-0.2, 0) is 22.1 Å². The Morgan fingerprint density at radius 1 is 1.00 bits per heavy atom. The standard InChI is InChI=1S/C22H19BrFNO3S/c1-25(14-18-13-19(23)11-12-21(18)24)22(26)17-9-7-16(8-10-17)15-29(27,28)20-5-3-2-4-6-20/h2-13H,14-15H2,1H3. The van der Waals surface area contributed by atoms with Gasteiger partial charge in [-0.05, 0) is 48.0 Å². The number of hydrogen-bond acceptors (Lipinski definition) is 3. The maximum atomic E-state index is 13.9. The van der Waals surface area contributed by atoms with Crippen molar-refractivity contribution in [3.8, 4) is 0 Å². The third-order valence-corrected chi connectivity index (χ3v) is 6.62. The second-order valence-corrected chi connectivity index (χ2v) is 9.57. The summed E-state index contributed by atoms with van der Waals surface area (Å²) in [6.07, 6.45) is 0. The van der Waals surface area contributed by atoms with E-state index >= 15 is 0 Å². The lowest BCUT2D eigenvalue weighted by Crippen LogP contribution is -2.26. The summed E-state index contributed by atoms with van der Waals surface area (Å²) < 4.78 is 39.6. The smallest absolute Gasteiger partial charge is 0.253 e. The number of nitrogens with zero attached hydrogens (tertiary/aromatic N) is 1. The first-order chi connectivity index (χ1) is 13.8. The van der Waals surface area contributed by atoms with Gasteiger partial charge in [0.2, 0.25) is 0 Å². The Kier molecular flexibility index (Phi) is 6.49. The van der Waals surface area contributed by atoms with Crippen LogP contribution >= 0.6 is 15.9 Å². The van der Waals surface area contributed by atoms with E-state index in [1.165, 1.54) is 11.0 Å². The number of rotatable bonds is 6. The fourth-order valence-electron chi connectivity index (χ4n) is 2.89. The molecule has 3 rings (SSSR count). The third-order valence-electron chi connectivity index (χ3n) is 4.42. The molecule has 0 atom stereocenters. The van der Waals surface area contributed by atoms with E-state index < -0.39 is 9.84 Å². The fourth-order valence-corrected chi connectivity index (χ4v) is 4.66. The van der Waals surface area contributed by atoms with Crippen LogP contribution in [0.15, 0.2) is 82.2 Å². The highest BCUT2D eigenvalue weighted by Gasteiger charge is 2.17. The molecule has 0 aliphatic carbocycles. The number of amides is 1. The molecule has 0 heterocycles. The van der Waals surface area contributed by atoms with E-state index in [1.54, 1.807) is 73.8 Å². The van der Waals surface area contributed by atoms with Crippen molar-refractivity contribution in [3.63, 3.8) is 0 Å². The number of sulfone groups is 1. The van der Waals surface area contributed by atoms with Crippen LogP contribution in [0.3, 0.4) is 0 Å². The van der Waals surface area contributed by atoms with Crippen molar-refractivity contribution < 1.29 is 17.6 Å². The van der Waals surface area contributed by atoms with Gasteiger partial charge < -0.3 is 4.90 Å². The molecule has 0 fully saturated rings. The molecule has 0 unspecified atom stereocenters. The number of halogens is 2. The van der Waals surface area contributed by atoms with E-state index in [0.29, 0.717) is 16.7 Å². The van der Waals surface area contributed by atoms with Crippen LogP contribution in [0.5, 0.6) is 0 Å². The predicted molar refractivity (Wildman–Crippen MR) is 114 cm³/mol. The molecule has 0 aliphatic heterocycles. The van der Waals surface area contributed by atoms with Gasteiger partial charge in [-0.15, -0.1) is 0 Å². The van der Waals surface area contributed by atoms with E-state index in [-0.39, 0.29) is 28.9 Å². The molecule has 0 N–H and O–H groups in total. The molecular formula is C22H19BrFNO3S. The fraction of sp³-hybridized carbons (Fsp3) is 0.136. The average molecular weight is 476 g/mol. The minimum atomic E-state index is -3.45. The summed E-state index contributed by atoms with van der Waals surface area (Å²) in [4.78, 5) is 14.3. The SMILES string of the molecule is CN(Cc1cc(Br)ccc1F)C(=O)c1ccc(CS(=O)(=O)c2ccccc2)cc1. The Bertz CT molecular complexity index is 1120. The molecule has 3 aromatic carbocycles. The molecule has 29 heavy (non-hydrogen) atoms. The first-order valence-electron chi connectivity index (χ1n) is 8.82. The molecule has 0 radical (unpaired) electrons. The van der Waals surface area contributed by atoms with Gasteiger partial charge in [-0.1, -0.05) is 46.3 Å². The molecule has 4 nitrogen and oxygen atoms in total. The molecular weight excluding hydrogens is 457 g/mol. The molecule has 3 aromatic rings. The summed E-state index contributed by atoms with van der Waals surface area (Å²) in [6.45, 7) is 0.119. The van der Waals surface area contributed by atoms with Gasteiger partial charge in [0.1, 0.15) is 5.82 Å². The topological polar surface area (TPSA) is 54.5 Å². The normalized spacial score (nSPS) is 11.3. The Balaban J connectivity index is 1.71. The van der Waals surface area contributed by atoms with Crippen LogP contribution in [-0.4, -0.2) is 26.3 Å². The summed E-state index contributed by atoms with van der Waals surface area (Å²) in [5.74, 6) is -0.805. The van der Waals surface area contributed by atoms with Gasteiger partial charge >= 0.3 is 0 Å². The van der Waals surface area contributed by atoms with Crippen LogP contribution < -0.4 is 0 Å². The summed E-state index contributed by atoms with van der Waals surface area (Å²) in [5.41, 5.74) is 1.40. The van der Waals surface area contributed by atoms with Crippen molar-refractivity contribution >= 4 is 31.7 Å². The predicted octanol–water partition coefficient (Wildman–Crippen LogP) is 4.83. The van der Waals surface area contributed by atoms with Crippen LogP contribution in [0.25, 0.3) is 0 Å². The first kappa shape index (κ1) is 21.2. The first-order valence-corrected chi connectivity index (χ1v) is 11.3. The third kappa shape index (κ3) is 5.31. The van der Waals surface area contributed by atoms with E-state index in [4.69, 9.17) is 0 Å². The Labute approximate surface area is 178 Å². The molecule has 0 saturated heterocycles. The number of carbonyl (C=O) groups excluding carboxylic acids is 1. The highest BCUT2D eigenvalue weighted by molar-refractivity contribution is 9.10. The zero-order valence-corrected chi connectivity index (χ0v) is 18.1. The molecule has 150 valence electrons. The highest BCUT2D eigenvalue weighted by Crippen LogP contribution is 2.19. The lowest BCUT2D eigenvalue weighted by Gasteiger charge is -2.18. The van der Waals surface area contributed by atoms with Crippen molar-refractivity contribution in [3.05, 3.63) is 99.8 Å². The van der Waals surface area contributed by atoms with Crippen molar-refractivity contribution in [1.82, 2.24) is 4.90 Å². The van der Waals surface area contributed by atoms with Gasteiger partial charge in [-0.25, -0.2) is 12.8 Å². The lowest BCUT2D eigenvalue weighted by atomic mass is 10.1. The van der Waals surface area contributed by atoms with Crippen LogP contribution in [0.1, 0.15) is 21.5 Å². The lowest BCUT2D eigenvalue weighted by molar-refractivity contribution is 0.0784. The summed E-state index contributed by atoms with van der Waals surface area (Å²) >= 11 is 3.30. The van der Waals surface area contributed by atoms with E-state index in [9.17, 15) is 17.6 Å². The molecule has 0 aromatic heterocycles. The maximum Gasteiger partial charge on any atom is 0.253 e. The summed E-state index contributed by atoms with van der Waals surface area (Å²) in [6, 6.07) is 19.2. The van der Waals surface area contributed by atoms with E-state index in [0.717, 1.165) is 4.47 Å². The Morgan fingerprint density at radius 2 is 1.66 bits per heavy atom. The number of carbonyl (C=O) groups is 1. The van der Waals surface area contributed by atoms with Crippen molar-refractivity contribution in [2.75, 3.05) is 7.05 Å². The van der Waals surface area contributed by atoms with Crippen LogP contribution in [0.4, 0.5) is 4.39 Å². The summed E-state index contributed by atoms with van der Waals surface area (Å²) in [5, 5.41) is 0. The van der Waals surface area contributed by atoms with Gasteiger partial charge in [-0.3, -0.25) is 4.79 Å². The molecule has 0 aliphatic rings. The molecule has 0 saturated carbocycles.